The van der Waals surface area contributed by atoms with Crippen molar-refractivity contribution in [2.75, 3.05) is 47.1 Å². The van der Waals surface area contributed by atoms with Gasteiger partial charge in [-0.15, -0.1) is 0 Å². The highest BCUT2D eigenvalue weighted by atomic mass is 35.5. The van der Waals surface area contributed by atoms with Crippen molar-refractivity contribution in [2.45, 2.75) is 13.0 Å². The molecule has 6 nitrogen and oxygen atoms in total. The van der Waals surface area contributed by atoms with Gasteiger partial charge in [-0.25, -0.2) is 4.98 Å². The van der Waals surface area contributed by atoms with Crippen LogP contribution in [0, 0.1) is 5.92 Å². The number of aromatic nitrogens is 1. The van der Waals surface area contributed by atoms with E-state index < -0.39 is 0 Å². The van der Waals surface area contributed by atoms with Crippen LogP contribution < -0.4 is 5.32 Å². The van der Waals surface area contributed by atoms with E-state index in [0.717, 1.165) is 37.6 Å². The van der Waals surface area contributed by atoms with E-state index in [1.165, 1.54) is 0 Å². The van der Waals surface area contributed by atoms with Gasteiger partial charge in [0.15, 0.2) is 5.96 Å². The number of likely N-dealkylation sites (tertiary alicyclic amines) is 1. The molecule has 1 aromatic heterocycles. The van der Waals surface area contributed by atoms with Crippen LogP contribution in [-0.2, 0) is 16.0 Å². The first-order valence-electron chi connectivity index (χ1n) is 7.85. The first-order valence-corrected chi connectivity index (χ1v) is 8.23. The van der Waals surface area contributed by atoms with Crippen LogP contribution in [0.1, 0.15) is 12.0 Å². The molecular formula is C16H25ClN4O2. The van der Waals surface area contributed by atoms with Crippen LogP contribution in [-0.4, -0.2) is 62.9 Å². The summed E-state index contributed by atoms with van der Waals surface area (Å²) in [6.07, 6.45) is 2.90. The smallest absolute Gasteiger partial charge is 0.193 e. The maximum atomic E-state index is 5.80. The molecule has 1 saturated heterocycles. The zero-order valence-electron chi connectivity index (χ0n) is 13.8. The Balaban J connectivity index is 1.75. The Bertz CT molecular complexity index is 495. The van der Waals surface area contributed by atoms with Crippen LogP contribution in [0.2, 0.25) is 5.15 Å². The molecule has 1 fully saturated rings. The highest BCUT2D eigenvalue weighted by molar-refractivity contribution is 6.29. The van der Waals surface area contributed by atoms with E-state index in [4.69, 9.17) is 21.1 Å². The summed E-state index contributed by atoms with van der Waals surface area (Å²) in [5.41, 5.74) is 1.08. The number of guanidine groups is 1. The lowest BCUT2D eigenvalue weighted by Gasteiger charge is -2.21. The fourth-order valence-electron chi connectivity index (χ4n) is 2.58. The Morgan fingerprint density at radius 3 is 3.04 bits per heavy atom. The van der Waals surface area contributed by atoms with Gasteiger partial charge in [0.05, 0.1) is 19.8 Å². The van der Waals surface area contributed by atoms with E-state index in [9.17, 15) is 0 Å². The Hall–Kier alpha value is -1.37. The molecule has 0 amide bonds. The van der Waals surface area contributed by atoms with Crippen LogP contribution in [0.3, 0.4) is 0 Å². The Morgan fingerprint density at radius 1 is 1.48 bits per heavy atom. The number of nitrogens with one attached hydrogen (secondary N) is 1. The minimum Gasteiger partial charge on any atom is -0.382 e. The van der Waals surface area contributed by atoms with Crippen molar-refractivity contribution in [3.05, 3.63) is 29.0 Å². The van der Waals surface area contributed by atoms with Crippen molar-refractivity contribution in [3.63, 3.8) is 0 Å². The molecule has 128 valence electrons. The molecule has 1 aliphatic heterocycles. The maximum absolute atomic E-state index is 5.80. The molecule has 0 aromatic carbocycles. The van der Waals surface area contributed by atoms with Crippen molar-refractivity contribution in [1.29, 1.82) is 0 Å². The molecule has 2 rings (SSSR count). The number of nitrogens with zero attached hydrogens (tertiary/aromatic N) is 3. The summed E-state index contributed by atoms with van der Waals surface area (Å²) in [4.78, 5) is 10.7. The number of rotatable bonds is 7. The molecule has 0 spiro atoms. The molecule has 7 heteroatoms. The first kappa shape index (κ1) is 18.0. The van der Waals surface area contributed by atoms with Gasteiger partial charge in [0.1, 0.15) is 5.15 Å². The summed E-state index contributed by atoms with van der Waals surface area (Å²) in [5.74, 6) is 1.46. The lowest BCUT2D eigenvalue weighted by Crippen LogP contribution is -2.39. The number of methoxy groups -OCH3 is 1. The maximum Gasteiger partial charge on any atom is 0.193 e. The molecule has 1 N–H and O–H groups in total. The van der Waals surface area contributed by atoms with Gasteiger partial charge in [-0.1, -0.05) is 17.7 Å². The lowest BCUT2D eigenvalue weighted by atomic mass is 10.1. The minimum absolute atomic E-state index is 0.508. The molecule has 0 bridgehead atoms. The number of halogens is 1. The second-order valence-corrected chi connectivity index (χ2v) is 5.95. The predicted octanol–water partition coefficient (Wildman–Crippen LogP) is 1.80. The summed E-state index contributed by atoms with van der Waals surface area (Å²) in [5, 5.41) is 3.88. The first-order chi connectivity index (χ1) is 11.2. The van der Waals surface area contributed by atoms with Crippen LogP contribution in [0.25, 0.3) is 0 Å². The zero-order valence-corrected chi connectivity index (χ0v) is 14.6. The normalized spacial score (nSPS) is 18.5. The van der Waals surface area contributed by atoms with Crippen molar-refractivity contribution in [3.8, 4) is 0 Å². The van der Waals surface area contributed by atoms with Crippen molar-refractivity contribution in [1.82, 2.24) is 15.2 Å². The number of hydrogen-bond donors (Lipinski definition) is 1. The van der Waals surface area contributed by atoms with Crippen molar-refractivity contribution >= 4 is 17.6 Å². The lowest BCUT2D eigenvalue weighted by molar-refractivity contribution is 0.0536. The standard InChI is InChI=1S/C16H25ClN4O2/c1-18-16(20-10-13-3-4-15(17)19-9-13)21-6-5-14(11-21)12-23-8-7-22-2/h3-4,9,14H,5-8,10-12H2,1-2H3,(H,18,20). The van der Waals surface area contributed by atoms with E-state index >= 15 is 0 Å². The molecule has 0 radical (unpaired) electrons. The number of hydrogen-bond acceptors (Lipinski definition) is 4. The molecular weight excluding hydrogens is 316 g/mol. The van der Waals surface area contributed by atoms with Gasteiger partial charge in [-0.3, -0.25) is 4.99 Å². The molecule has 1 aliphatic rings. The molecule has 23 heavy (non-hydrogen) atoms. The minimum atomic E-state index is 0.508. The molecule has 1 atom stereocenters. The average molecular weight is 341 g/mol. The molecule has 1 aromatic rings. The summed E-state index contributed by atoms with van der Waals surface area (Å²) >= 11 is 5.80. The summed E-state index contributed by atoms with van der Waals surface area (Å²) in [7, 11) is 3.50. The number of ether oxygens (including phenoxy) is 2. The quantitative estimate of drug-likeness (QED) is 0.355. The van der Waals surface area contributed by atoms with Crippen LogP contribution >= 0.6 is 11.6 Å². The second-order valence-electron chi connectivity index (χ2n) is 5.56. The van der Waals surface area contributed by atoms with Crippen LogP contribution in [0.4, 0.5) is 0 Å². The van der Waals surface area contributed by atoms with E-state index in [2.05, 4.69) is 20.2 Å². The Labute approximate surface area is 142 Å². The van der Waals surface area contributed by atoms with Crippen LogP contribution in [0.15, 0.2) is 23.3 Å². The topological polar surface area (TPSA) is 59.0 Å². The van der Waals surface area contributed by atoms with Gasteiger partial charge >= 0.3 is 0 Å². The highest BCUT2D eigenvalue weighted by Gasteiger charge is 2.24. The van der Waals surface area contributed by atoms with E-state index in [1.54, 1.807) is 19.4 Å². The number of pyridine rings is 1. The van der Waals surface area contributed by atoms with Crippen molar-refractivity contribution in [2.24, 2.45) is 10.9 Å². The SMILES string of the molecule is CN=C(NCc1ccc(Cl)nc1)N1CCC(COCCOC)C1. The zero-order chi connectivity index (χ0) is 16.5. The number of aliphatic imine (C=N–C) groups is 1. The van der Waals surface area contributed by atoms with Crippen molar-refractivity contribution < 1.29 is 9.47 Å². The largest absolute Gasteiger partial charge is 0.382 e. The van der Waals surface area contributed by atoms with Gasteiger partial charge < -0.3 is 19.7 Å². The van der Waals surface area contributed by atoms with Gasteiger partial charge in [0, 0.05) is 45.9 Å². The Morgan fingerprint density at radius 2 is 2.35 bits per heavy atom. The third-order valence-corrected chi connectivity index (χ3v) is 4.05. The fourth-order valence-corrected chi connectivity index (χ4v) is 2.69. The second kappa shape index (κ2) is 9.70. The van der Waals surface area contributed by atoms with Gasteiger partial charge in [-0.2, -0.15) is 0 Å². The van der Waals surface area contributed by atoms with Gasteiger partial charge in [-0.05, 0) is 18.1 Å². The fraction of sp³-hybridized carbons (Fsp3) is 0.625. The molecule has 1 unspecified atom stereocenters. The highest BCUT2D eigenvalue weighted by Crippen LogP contribution is 2.16. The Kier molecular flexibility index (Phi) is 7.58. The molecule has 2 heterocycles. The van der Waals surface area contributed by atoms with E-state index in [1.807, 2.05) is 13.1 Å². The summed E-state index contributed by atoms with van der Waals surface area (Å²) in [6, 6.07) is 3.76. The van der Waals surface area contributed by atoms with E-state index in [-0.39, 0.29) is 0 Å². The molecule has 0 aliphatic carbocycles. The van der Waals surface area contributed by atoms with E-state index in [0.29, 0.717) is 30.8 Å². The van der Waals surface area contributed by atoms with Crippen LogP contribution in [0.5, 0.6) is 0 Å². The summed E-state index contributed by atoms with van der Waals surface area (Å²) < 4.78 is 10.6. The molecule has 0 saturated carbocycles. The third-order valence-electron chi connectivity index (χ3n) is 3.82. The average Bonchev–Trinajstić information content (AvgIpc) is 3.03. The predicted molar refractivity (Wildman–Crippen MR) is 91.8 cm³/mol. The van der Waals surface area contributed by atoms with Gasteiger partial charge in [0.25, 0.3) is 0 Å². The third kappa shape index (κ3) is 5.97. The monoisotopic (exact) mass is 340 g/mol. The summed E-state index contributed by atoms with van der Waals surface area (Å²) in [6.45, 7) is 4.72. The van der Waals surface area contributed by atoms with Gasteiger partial charge in [0.2, 0.25) is 0 Å².